The van der Waals surface area contributed by atoms with Gasteiger partial charge in [-0.25, -0.2) is 10.6 Å². The molecule has 4 N–H and O–H groups in total. The molecule has 0 heterocycles. The molecule has 2 aromatic rings. The predicted molar refractivity (Wildman–Crippen MR) is 76.0 cm³/mol. The Bertz CT molecular complexity index is 640. The molecular formula is C13H12N4O4. The number of benzene rings is 2. The summed E-state index contributed by atoms with van der Waals surface area (Å²) >= 11 is 0. The highest BCUT2D eigenvalue weighted by atomic mass is 16.6. The normalized spacial score (nSPS) is 9.76. The third-order valence-corrected chi connectivity index (χ3v) is 2.53. The summed E-state index contributed by atoms with van der Waals surface area (Å²) in [7, 11) is 0. The highest BCUT2D eigenvalue weighted by Gasteiger charge is 2.05. The Balaban J connectivity index is 2.02. The molecule has 0 aliphatic rings. The molecule has 8 heteroatoms. The van der Waals surface area contributed by atoms with E-state index in [1.54, 1.807) is 24.3 Å². The second-order valence-corrected chi connectivity index (χ2v) is 3.98. The number of nitrogens with one attached hydrogen (secondary N) is 2. The number of ether oxygens (including phenoxy) is 1. The van der Waals surface area contributed by atoms with Gasteiger partial charge >= 0.3 is 6.03 Å². The number of non-ortho nitro benzene ring substituents is 1. The number of amides is 2. The maximum atomic E-state index is 11.0. The summed E-state index contributed by atoms with van der Waals surface area (Å²) < 4.78 is 5.52. The van der Waals surface area contributed by atoms with Crippen LogP contribution < -0.4 is 21.3 Å². The summed E-state index contributed by atoms with van der Waals surface area (Å²) in [5.74, 6) is 5.95. The van der Waals surface area contributed by atoms with Crippen molar-refractivity contribution in [1.82, 2.24) is 5.43 Å². The van der Waals surface area contributed by atoms with Gasteiger partial charge in [-0.05, 0) is 36.4 Å². The highest BCUT2D eigenvalue weighted by Crippen LogP contribution is 2.24. The first-order chi connectivity index (χ1) is 10.1. The topological polar surface area (TPSA) is 120 Å². The van der Waals surface area contributed by atoms with Crippen molar-refractivity contribution < 1.29 is 14.5 Å². The zero-order valence-corrected chi connectivity index (χ0v) is 10.8. The van der Waals surface area contributed by atoms with Crippen molar-refractivity contribution in [3.05, 3.63) is 58.6 Å². The number of hydrazine groups is 1. The van der Waals surface area contributed by atoms with E-state index in [1.165, 1.54) is 24.3 Å². The number of hydrogen-bond acceptors (Lipinski definition) is 5. The molecule has 0 fully saturated rings. The van der Waals surface area contributed by atoms with E-state index in [-0.39, 0.29) is 5.69 Å². The Labute approximate surface area is 119 Å². The van der Waals surface area contributed by atoms with Gasteiger partial charge in [0.2, 0.25) is 0 Å². The molecule has 0 radical (unpaired) electrons. The fourth-order valence-electron chi connectivity index (χ4n) is 1.55. The summed E-state index contributed by atoms with van der Waals surface area (Å²) in [6.45, 7) is 0. The SMILES string of the molecule is NNC(=O)Nc1ccc(Oc2ccc([N+](=O)[O-])cc2)cc1. The van der Waals surface area contributed by atoms with Crippen LogP contribution in [-0.4, -0.2) is 11.0 Å². The molecule has 2 rings (SSSR count). The van der Waals surface area contributed by atoms with Crippen molar-refractivity contribution in [2.75, 3.05) is 5.32 Å². The van der Waals surface area contributed by atoms with E-state index < -0.39 is 11.0 Å². The molecule has 0 unspecified atom stereocenters. The summed E-state index contributed by atoms with van der Waals surface area (Å²) in [6.07, 6.45) is 0. The molecular weight excluding hydrogens is 276 g/mol. The van der Waals surface area contributed by atoms with Gasteiger partial charge in [0.05, 0.1) is 4.92 Å². The summed E-state index contributed by atoms with van der Waals surface area (Å²) in [6, 6.07) is 11.8. The molecule has 0 spiro atoms. The van der Waals surface area contributed by atoms with Crippen molar-refractivity contribution in [3.8, 4) is 11.5 Å². The molecule has 0 saturated heterocycles. The van der Waals surface area contributed by atoms with Crippen LogP contribution in [-0.2, 0) is 0 Å². The van der Waals surface area contributed by atoms with Crippen LogP contribution in [0.4, 0.5) is 16.2 Å². The fourth-order valence-corrected chi connectivity index (χ4v) is 1.55. The van der Waals surface area contributed by atoms with Crippen LogP contribution in [0.15, 0.2) is 48.5 Å². The molecule has 8 nitrogen and oxygen atoms in total. The number of nitro groups is 1. The number of carbonyl (C=O) groups is 1. The van der Waals surface area contributed by atoms with Crippen LogP contribution in [0.25, 0.3) is 0 Å². The van der Waals surface area contributed by atoms with Gasteiger partial charge in [-0.15, -0.1) is 0 Å². The molecule has 0 aliphatic carbocycles. The minimum Gasteiger partial charge on any atom is -0.457 e. The standard InChI is InChI=1S/C13H12N4O4/c14-16-13(18)15-9-1-5-11(6-2-9)21-12-7-3-10(4-8-12)17(19)20/h1-8H,14H2,(H2,15,16,18). The van der Waals surface area contributed by atoms with E-state index in [1.807, 2.05) is 5.43 Å². The molecule has 21 heavy (non-hydrogen) atoms. The van der Waals surface area contributed by atoms with E-state index in [2.05, 4.69) is 5.32 Å². The van der Waals surface area contributed by atoms with E-state index in [0.717, 1.165) is 0 Å². The molecule has 2 amide bonds. The lowest BCUT2D eigenvalue weighted by atomic mass is 10.3. The summed E-state index contributed by atoms with van der Waals surface area (Å²) in [4.78, 5) is 21.1. The quantitative estimate of drug-likeness (QED) is 0.345. The third-order valence-electron chi connectivity index (χ3n) is 2.53. The van der Waals surface area contributed by atoms with Gasteiger partial charge in [0.25, 0.3) is 5.69 Å². The first kappa shape index (κ1) is 14.3. The van der Waals surface area contributed by atoms with Crippen molar-refractivity contribution >= 4 is 17.4 Å². The van der Waals surface area contributed by atoms with Crippen LogP contribution in [0.1, 0.15) is 0 Å². The van der Waals surface area contributed by atoms with Crippen molar-refractivity contribution in [2.45, 2.75) is 0 Å². The molecule has 0 bridgehead atoms. The van der Waals surface area contributed by atoms with Crippen molar-refractivity contribution in [3.63, 3.8) is 0 Å². The number of nitrogens with zero attached hydrogens (tertiary/aromatic N) is 1. The van der Waals surface area contributed by atoms with E-state index >= 15 is 0 Å². The second-order valence-electron chi connectivity index (χ2n) is 3.98. The van der Waals surface area contributed by atoms with Crippen molar-refractivity contribution in [1.29, 1.82) is 0 Å². The monoisotopic (exact) mass is 288 g/mol. The average Bonchev–Trinajstić information content (AvgIpc) is 2.49. The largest absolute Gasteiger partial charge is 0.457 e. The van der Waals surface area contributed by atoms with Crippen LogP contribution >= 0.6 is 0 Å². The highest BCUT2D eigenvalue weighted by molar-refractivity contribution is 5.88. The Morgan fingerprint density at radius 1 is 1.05 bits per heavy atom. The number of nitrogens with two attached hydrogens (primary N) is 1. The minimum atomic E-state index is -0.529. The maximum Gasteiger partial charge on any atom is 0.333 e. The van der Waals surface area contributed by atoms with Crippen LogP contribution in [0.2, 0.25) is 0 Å². The van der Waals surface area contributed by atoms with Gasteiger partial charge in [0.1, 0.15) is 11.5 Å². The smallest absolute Gasteiger partial charge is 0.333 e. The van der Waals surface area contributed by atoms with Crippen LogP contribution in [0, 0.1) is 10.1 Å². The zero-order chi connectivity index (χ0) is 15.2. The Kier molecular flexibility index (Phi) is 4.32. The van der Waals surface area contributed by atoms with Crippen LogP contribution in [0.3, 0.4) is 0 Å². The molecule has 0 atom stereocenters. The van der Waals surface area contributed by atoms with Gasteiger partial charge < -0.3 is 10.1 Å². The number of anilines is 1. The molecule has 0 aliphatic heterocycles. The maximum absolute atomic E-state index is 11.0. The third kappa shape index (κ3) is 3.91. The number of rotatable bonds is 4. The van der Waals surface area contributed by atoms with Gasteiger partial charge in [-0.3, -0.25) is 15.5 Å². The van der Waals surface area contributed by atoms with E-state index in [4.69, 9.17) is 10.6 Å². The number of nitro benzene ring substituents is 1. The first-order valence-electron chi connectivity index (χ1n) is 5.88. The van der Waals surface area contributed by atoms with Gasteiger partial charge in [-0.1, -0.05) is 0 Å². The first-order valence-corrected chi connectivity index (χ1v) is 5.88. The average molecular weight is 288 g/mol. The number of urea groups is 1. The summed E-state index contributed by atoms with van der Waals surface area (Å²) in [5.41, 5.74) is 2.49. The summed E-state index contributed by atoms with van der Waals surface area (Å²) in [5, 5.41) is 13.0. The molecule has 0 aromatic heterocycles. The molecule has 108 valence electrons. The van der Waals surface area contributed by atoms with Gasteiger partial charge in [-0.2, -0.15) is 0 Å². The van der Waals surface area contributed by atoms with E-state index in [0.29, 0.717) is 17.2 Å². The number of carbonyl (C=O) groups excluding carboxylic acids is 1. The lowest BCUT2D eigenvalue weighted by Crippen LogP contribution is -2.34. The van der Waals surface area contributed by atoms with Crippen LogP contribution in [0.5, 0.6) is 11.5 Å². The molecule has 2 aromatic carbocycles. The predicted octanol–water partition coefficient (Wildman–Crippen LogP) is 2.38. The zero-order valence-electron chi connectivity index (χ0n) is 10.8. The Hall–Kier alpha value is -3.13. The van der Waals surface area contributed by atoms with Gasteiger partial charge in [0.15, 0.2) is 0 Å². The molecule has 0 saturated carbocycles. The fraction of sp³-hybridized carbons (Fsp3) is 0. The Morgan fingerprint density at radius 2 is 1.57 bits per heavy atom. The Morgan fingerprint density at radius 3 is 2.05 bits per heavy atom. The number of hydrogen-bond donors (Lipinski definition) is 3. The van der Waals surface area contributed by atoms with Gasteiger partial charge in [0, 0.05) is 17.8 Å². The van der Waals surface area contributed by atoms with Crippen molar-refractivity contribution in [2.24, 2.45) is 5.84 Å². The lowest BCUT2D eigenvalue weighted by Gasteiger charge is -2.07. The minimum absolute atomic E-state index is 0.00491. The van der Waals surface area contributed by atoms with E-state index in [9.17, 15) is 14.9 Å². The lowest BCUT2D eigenvalue weighted by molar-refractivity contribution is -0.384. The second kappa shape index (κ2) is 6.35.